The number of phenols is 1. The van der Waals surface area contributed by atoms with E-state index in [0.717, 1.165) is 69.2 Å². The lowest BCUT2D eigenvalue weighted by atomic mass is 9.87. The fraction of sp³-hybridized carbons (Fsp3) is 0.429. The van der Waals surface area contributed by atoms with E-state index in [1.807, 2.05) is 24.3 Å². The number of anilines is 1. The van der Waals surface area contributed by atoms with Gasteiger partial charge in [-0.15, -0.1) is 12.4 Å². The summed E-state index contributed by atoms with van der Waals surface area (Å²) in [4.78, 5) is 7.04. The molecular weight excluding hydrogens is 374 g/mol. The molecule has 1 aromatic heterocycles. The van der Waals surface area contributed by atoms with Crippen LogP contribution in [-0.2, 0) is 0 Å². The number of piperazine rings is 1. The van der Waals surface area contributed by atoms with Crippen LogP contribution in [0.4, 0.5) is 5.82 Å². The number of halogens is 1. The number of phenolic OH excluding ortho intramolecular Hbond substituents is 1. The number of aromatic nitrogens is 1. The number of benzene rings is 1. The summed E-state index contributed by atoms with van der Waals surface area (Å²) < 4.78 is 0. The average molecular weight is 400 g/mol. The quantitative estimate of drug-likeness (QED) is 0.735. The van der Waals surface area contributed by atoms with Gasteiger partial charge in [-0.05, 0) is 49.1 Å². The number of nitrogens with one attached hydrogen (secondary N) is 2. The normalized spacial score (nSPS) is 19.5. The van der Waals surface area contributed by atoms with E-state index in [1.54, 1.807) is 6.07 Å². The van der Waals surface area contributed by atoms with Gasteiger partial charge in [0.05, 0.1) is 11.3 Å². The lowest BCUT2D eigenvalue weighted by Gasteiger charge is -2.31. The van der Waals surface area contributed by atoms with Gasteiger partial charge in [0.2, 0.25) is 0 Å². The number of hydrogen-bond donors (Lipinski definition) is 3. The van der Waals surface area contributed by atoms with Crippen molar-refractivity contribution in [2.75, 3.05) is 44.2 Å². The standard InChI is InChI=1S/C21H25N5O.ClH/c22-13-18-17(15-4-3-7-24-14-15)12-19(16-5-1-2-6-20(16)27)25-21(18)26-10-8-23-9-11-26;/h1-2,5-6,12,15,23-24,27H,3-4,7-11,14H2;1H. The van der Waals surface area contributed by atoms with Crippen LogP contribution < -0.4 is 15.5 Å². The lowest BCUT2D eigenvalue weighted by Crippen LogP contribution is -2.44. The minimum absolute atomic E-state index is 0. The van der Waals surface area contributed by atoms with Crippen molar-refractivity contribution in [3.8, 4) is 23.1 Å². The van der Waals surface area contributed by atoms with Crippen LogP contribution >= 0.6 is 12.4 Å². The van der Waals surface area contributed by atoms with E-state index in [1.165, 1.54) is 0 Å². The predicted molar refractivity (Wildman–Crippen MR) is 113 cm³/mol. The highest BCUT2D eigenvalue weighted by molar-refractivity contribution is 5.85. The van der Waals surface area contributed by atoms with Crippen LogP contribution in [0.5, 0.6) is 5.75 Å². The molecule has 0 radical (unpaired) electrons. The van der Waals surface area contributed by atoms with Crippen LogP contribution in [0, 0.1) is 11.3 Å². The van der Waals surface area contributed by atoms with E-state index in [0.29, 0.717) is 17.0 Å². The maximum absolute atomic E-state index is 10.4. The third-order valence-corrected chi connectivity index (χ3v) is 5.48. The Labute approximate surface area is 172 Å². The monoisotopic (exact) mass is 399 g/mol. The highest BCUT2D eigenvalue weighted by atomic mass is 35.5. The van der Waals surface area contributed by atoms with Crippen LogP contribution in [0.15, 0.2) is 30.3 Å². The molecule has 1 atom stereocenters. The Balaban J connectivity index is 0.00000225. The summed E-state index contributed by atoms with van der Waals surface area (Å²) in [7, 11) is 0. The van der Waals surface area contributed by atoms with Crippen LogP contribution in [0.2, 0.25) is 0 Å². The van der Waals surface area contributed by atoms with Gasteiger partial charge in [0.25, 0.3) is 0 Å². The van der Waals surface area contributed by atoms with Gasteiger partial charge in [-0.3, -0.25) is 0 Å². The van der Waals surface area contributed by atoms with Gasteiger partial charge in [-0.2, -0.15) is 5.26 Å². The van der Waals surface area contributed by atoms with Gasteiger partial charge in [-0.25, -0.2) is 4.98 Å². The molecule has 28 heavy (non-hydrogen) atoms. The van der Waals surface area contributed by atoms with E-state index in [4.69, 9.17) is 4.98 Å². The second-order valence-electron chi connectivity index (χ2n) is 7.20. The number of aromatic hydroxyl groups is 1. The molecule has 0 bridgehead atoms. The Morgan fingerprint density at radius 3 is 2.61 bits per heavy atom. The highest BCUT2D eigenvalue weighted by Crippen LogP contribution is 2.36. The van der Waals surface area contributed by atoms with Gasteiger partial charge < -0.3 is 20.6 Å². The number of para-hydroxylation sites is 1. The maximum Gasteiger partial charge on any atom is 0.147 e. The Hall–Kier alpha value is -2.33. The van der Waals surface area contributed by atoms with Gasteiger partial charge in [-0.1, -0.05) is 12.1 Å². The molecule has 1 aromatic carbocycles. The second-order valence-corrected chi connectivity index (χ2v) is 7.20. The number of hydrogen-bond acceptors (Lipinski definition) is 6. The maximum atomic E-state index is 10.4. The predicted octanol–water partition coefficient (Wildman–Crippen LogP) is 2.62. The summed E-state index contributed by atoms with van der Waals surface area (Å²) in [6.45, 7) is 5.32. The Kier molecular flexibility index (Phi) is 6.74. The molecular formula is C21H26ClN5O. The van der Waals surface area contributed by atoms with Crippen LogP contribution in [0.3, 0.4) is 0 Å². The van der Waals surface area contributed by atoms with Crippen LogP contribution in [-0.4, -0.2) is 49.4 Å². The van der Waals surface area contributed by atoms with Crippen molar-refractivity contribution >= 4 is 18.2 Å². The summed E-state index contributed by atoms with van der Waals surface area (Å²) in [5.41, 5.74) is 3.18. The number of piperidine rings is 1. The number of pyridine rings is 1. The second kappa shape index (κ2) is 9.24. The van der Waals surface area contributed by atoms with Crippen molar-refractivity contribution in [1.82, 2.24) is 15.6 Å². The fourth-order valence-corrected chi connectivity index (χ4v) is 4.04. The van der Waals surface area contributed by atoms with Gasteiger partial charge >= 0.3 is 0 Å². The van der Waals surface area contributed by atoms with Gasteiger partial charge in [0.15, 0.2) is 0 Å². The van der Waals surface area contributed by atoms with Crippen molar-refractivity contribution < 1.29 is 5.11 Å². The number of nitriles is 1. The summed E-state index contributed by atoms with van der Waals surface area (Å²) in [6.07, 6.45) is 2.17. The smallest absolute Gasteiger partial charge is 0.147 e. The van der Waals surface area contributed by atoms with E-state index < -0.39 is 0 Å². The zero-order valence-electron chi connectivity index (χ0n) is 15.8. The van der Waals surface area contributed by atoms with Crippen LogP contribution in [0.1, 0.15) is 29.9 Å². The molecule has 2 saturated heterocycles. The summed E-state index contributed by atoms with van der Waals surface area (Å²) in [5, 5.41) is 27.1. The molecule has 4 rings (SSSR count). The topological polar surface area (TPSA) is 84.2 Å². The molecule has 0 saturated carbocycles. The molecule has 148 valence electrons. The first-order valence-electron chi connectivity index (χ1n) is 9.67. The van der Waals surface area contributed by atoms with E-state index in [9.17, 15) is 10.4 Å². The molecule has 0 aliphatic carbocycles. The molecule has 0 amide bonds. The van der Waals surface area contributed by atoms with Crippen molar-refractivity contribution in [3.63, 3.8) is 0 Å². The number of rotatable bonds is 3. The summed E-state index contributed by atoms with van der Waals surface area (Å²) >= 11 is 0. The average Bonchev–Trinajstić information content (AvgIpc) is 2.74. The zero-order chi connectivity index (χ0) is 18.6. The third-order valence-electron chi connectivity index (χ3n) is 5.48. The number of nitrogens with zero attached hydrogens (tertiary/aromatic N) is 3. The van der Waals surface area contributed by atoms with E-state index in [-0.39, 0.29) is 18.2 Å². The minimum atomic E-state index is 0. The first-order chi connectivity index (χ1) is 13.3. The molecule has 6 nitrogen and oxygen atoms in total. The summed E-state index contributed by atoms with van der Waals surface area (Å²) in [6, 6.07) is 11.7. The molecule has 3 N–H and O–H groups in total. The van der Waals surface area contributed by atoms with Crippen LogP contribution in [0.25, 0.3) is 11.3 Å². The van der Waals surface area contributed by atoms with E-state index in [2.05, 4.69) is 21.6 Å². The Morgan fingerprint density at radius 2 is 1.93 bits per heavy atom. The van der Waals surface area contributed by atoms with E-state index >= 15 is 0 Å². The van der Waals surface area contributed by atoms with Crippen molar-refractivity contribution in [2.24, 2.45) is 0 Å². The molecule has 2 fully saturated rings. The third kappa shape index (κ3) is 4.07. The van der Waals surface area contributed by atoms with Crippen molar-refractivity contribution in [2.45, 2.75) is 18.8 Å². The zero-order valence-corrected chi connectivity index (χ0v) is 16.6. The largest absolute Gasteiger partial charge is 0.507 e. The summed E-state index contributed by atoms with van der Waals surface area (Å²) in [5.74, 6) is 1.26. The first kappa shape index (κ1) is 20.4. The molecule has 7 heteroatoms. The molecule has 3 heterocycles. The SMILES string of the molecule is Cl.N#Cc1c(C2CCCNC2)cc(-c2ccccc2O)nc1N1CCNCC1. The molecule has 1 unspecified atom stereocenters. The highest BCUT2D eigenvalue weighted by Gasteiger charge is 2.26. The minimum Gasteiger partial charge on any atom is -0.507 e. The van der Waals surface area contributed by atoms with Crippen molar-refractivity contribution in [1.29, 1.82) is 5.26 Å². The first-order valence-corrected chi connectivity index (χ1v) is 9.67. The Bertz CT molecular complexity index is 815. The van der Waals surface area contributed by atoms with Gasteiger partial charge in [0.1, 0.15) is 17.6 Å². The molecule has 2 aliphatic rings. The fourth-order valence-electron chi connectivity index (χ4n) is 4.04. The van der Waals surface area contributed by atoms with Gasteiger partial charge in [0, 0.05) is 38.3 Å². The molecule has 2 aromatic rings. The molecule has 2 aliphatic heterocycles. The van der Waals surface area contributed by atoms with Crippen molar-refractivity contribution in [3.05, 3.63) is 41.5 Å². The molecule has 0 spiro atoms. The Morgan fingerprint density at radius 1 is 1.14 bits per heavy atom. The lowest BCUT2D eigenvalue weighted by molar-refractivity contribution is 0.460.